The summed E-state index contributed by atoms with van der Waals surface area (Å²) in [5.74, 6) is -0.266. The molecular formula is C14H18FNO. The summed E-state index contributed by atoms with van der Waals surface area (Å²) >= 11 is 0. The first-order valence-electron chi connectivity index (χ1n) is 6.28. The van der Waals surface area contributed by atoms with Crippen LogP contribution in [0, 0.1) is 5.82 Å². The summed E-state index contributed by atoms with van der Waals surface area (Å²) in [4.78, 5) is 11.8. The standard InChI is InChI=1S/C14H18FNO/c15-12-8-6-11(7-9-12)14(17)10-16-13-4-2-1-3-5-13/h6-9,13,16H,1-5,10H2. The Hall–Kier alpha value is -1.22. The minimum atomic E-state index is -0.304. The summed E-state index contributed by atoms with van der Waals surface area (Å²) in [5, 5.41) is 3.29. The van der Waals surface area contributed by atoms with Gasteiger partial charge in [-0.25, -0.2) is 4.39 Å². The molecule has 1 aromatic carbocycles. The SMILES string of the molecule is O=C(CNC1CCCCC1)c1ccc(F)cc1. The van der Waals surface area contributed by atoms with Crippen molar-refractivity contribution in [3.63, 3.8) is 0 Å². The molecule has 0 unspecified atom stereocenters. The molecule has 0 saturated heterocycles. The maximum atomic E-state index is 12.7. The van der Waals surface area contributed by atoms with Crippen LogP contribution in [-0.2, 0) is 0 Å². The van der Waals surface area contributed by atoms with Crippen LogP contribution >= 0.6 is 0 Å². The Labute approximate surface area is 101 Å². The summed E-state index contributed by atoms with van der Waals surface area (Å²) in [6.45, 7) is 0.357. The molecule has 92 valence electrons. The number of rotatable bonds is 4. The van der Waals surface area contributed by atoms with Gasteiger partial charge in [-0.15, -0.1) is 0 Å². The van der Waals surface area contributed by atoms with E-state index in [4.69, 9.17) is 0 Å². The molecule has 2 rings (SSSR count). The summed E-state index contributed by atoms with van der Waals surface area (Å²) in [7, 11) is 0. The molecule has 0 heterocycles. The molecule has 1 N–H and O–H groups in total. The highest BCUT2D eigenvalue weighted by Crippen LogP contribution is 2.17. The lowest BCUT2D eigenvalue weighted by molar-refractivity contribution is 0.0984. The molecule has 1 aliphatic carbocycles. The number of hydrogen-bond acceptors (Lipinski definition) is 2. The molecule has 0 aromatic heterocycles. The van der Waals surface area contributed by atoms with E-state index in [2.05, 4.69) is 5.32 Å². The fraction of sp³-hybridized carbons (Fsp3) is 0.500. The van der Waals surface area contributed by atoms with Crippen LogP contribution in [0.25, 0.3) is 0 Å². The third kappa shape index (κ3) is 3.63. The molecule has 0 amide bonds. The van der Waals surface area contributed by atoms with Crippen molar-refractivity contribution in [2.75, 3.05) is 6.54 Å². The molecule has 2 nitrogen and oxygen atoms in total. The van der Waals surface area contributed by atoms with Gasteiger partial charge in [-0.1, -0.05) is 19.3 Å². The van der Waals surface area contributed by atoms with Crippen LogP contribution < -0.4 is 5.32 Å². The first-order valence-corrected chi connectivity index (χ1v) is 6.28. The first-order chi connectivity index (χ1) is 8.25. The highest BCUT2D eigenvalue weighted by molar-refractivity contribution is 5.97. The van der Waals surface area contributed by atoms with Crippen LogP contribution in [0.3, 0.4) is 0 Å². The predicted octanol–water partition coefficient (Wildman–Crippen LogP) is 2.93. The number of halogens is 1. The van der Waals surface area contributed by atoms with Gasteiger partial charge in [-0.3, -0.25) is 4.79 Å². The van der Waals surface area contributed by atoms with Crippen molar-refractivity contribution in [3.05, 3.63) is 35.6 Å². The minimum absolute atomic E-state index is 0.0376. The number of hydrogen-bond donors (Lipinski definition) is 1. The molecule has 1 fully saturated rings. The van der Waals surface area contributed by atoms with E-state index in [1.807, 2.05) is 0 Å². The molecular weight excluding hydrogens is 217 g/mol. The van der Waals surface area contributed by atoms with Crippen molar-refractivity contribution in [1.82, 2.24) is 5.32 Å². The lowest BCUT2D eigenvalue weighted by Crippen LogP contribution is -2.35. The largest absolute Gasteiger partial charge is 0.307 e. The molecule has 0 atom stereocenters. The lowest BCUT2D eigenvalue weighted by atomic mass is 9.95. The van der Waals surface area contributed by atoms with E-state index in [9.17, 15) is 9.18 Å². The molecule has 0 spiro atoms. The van der Waals surface area contributed by atoms with E-state index in [1.54, 1.807) is 12.1 Å². The highest BCUT2D eigenvalue weighted by Gasteiger charge is 2.14. The Morgan fingerprint density at radius 2 is 1.82 bits per heavy atom. The Kier molecular flexibility index (Phi) is 4.26. The van der Waals surface area contributed by atoms with Crippen LogP contribution in [-0.4, -0.2) is 18.4 Å². The third-order valence-electron chi connectivity index (χ3n) is 3.32. The van der Waals surface area contributed by atoms with Gasteiger partial charge < -0.3 is 5.32 Å². The average molecular weight is 235 g/mol. The van der Waals surface area contributed by atoms with Crippen molar-refractivity contribution in [1.29, 1.82) is 0 Å². The van der Waals surface area contributed by atoms with Gasteiger partial charge in [-0.05, 0) is 37.1 Å². The topological polar surface area (TPSA) is 29.1 Å². The van der Waals surface area contributed by atoms with Gasteiger partial charge in [0.05, 0.1) is 6.54 Å². The predicted molar refractivity (Wildman–Crippen MR) is 65.6 cm³/mol. The van der Waals surface area contributed by atoms with E-state index >= 15 is 0 Å². The zero-order valence-electron chi connectivity index (χ0n) is 9.92. The highest BCUT2D eigenvalue weighted by atomic mass is 19.1. The van der Waals surface area contributed by atoms with Crippen LogP contribution in [0.15, 0.2) is 24.3 Å². The number of carbonyl (C=O) groups excluding carboxylic acids is 1. The normalized spacial score (nSPS) is 17.0. The Bertz CT molecular complexity index is 368. The molecule has 3 heteroatoms. The van der Waals surface area contributed by atoms with Gasteiger partial charge in [0.2, 0.25) is 0 Å². The molecule has 1 saturated carbocycles. The van der Waals surface area contributed by atoms with E-state index in [1.165, 1.54) is 31.4 Å². The van der Waals surface area contributed by atoms with Crippen LogP contribution in [0.4, 0.5) is 4.39 Å². The quantitative estimate of drug-likeness (QED) is 0.813. The monoisotopic (exact) mass is 235 g/mol. The Morgan fingerprint density at radius 3 is 2.47 bits per heavy atom. The Morgan fingerprint density at radius 1 is 1.18 bits per heavy atom. The van der Waals surface area contributed by atoms with E-state index in [-0.39, 0.29) is 11.6 Å². The van der Waals surface area contributed by atoms with Crippen molar-refractivity contribution in [2.24, 2.45) is 0 Å². The molecule has 0 bridgehead atoms. The minimum Gasteiger partial charge on any atom is -0.307 e. The Balaban J connectivity index is 1.82. The van der Waals surface area contributed by atoms with E-state index in [0.717, 1.165) is 12.8 Å². The number of nitrogens with one attached hydrogen (secondary N) is 1. The van der Waals surface area contributed by atoms with Crippen molar-refractivity contribution >= 4 is 5.78 Å². The zero-order valence-corrected chi connectivity index (χ0v) is 9.92. The van der Waals surface area contributed by atoms with Gasteiger partial charge in [0.1, 0.15) is 5.82 Å². The smallest absolute Gasteiger partial charge is 0.176 e. The molecule has 17 heavy (non-hydrogen) atoms. The van der Waals surface area contributed by atoms with Gasteiger partial charge in [0.15, 0.2) is 5.78 Å². The maximum Gasteiger partial charge on any atom is 0.176 e. The van der Waals surface area contributed by atoms with Gasteiger partial charge in [-0.2, -0.15) is 0 Å². The van der Waals surface area contributed by atoms with Gasteiger partial charge >= 0.3 is 0 Å². The average Bonchev–Trinajstić information content (AvgIpc) is 2.38. The van der Waals surface area contributed by atoms with Crippen LogP contribution in [0.2, 0.25) is 0 Å². The number of benzene rings is 1. The molecule has 0 aliphatic heterocycles. The van der Waals surface area contributed by atoms with Crippen molar-refractivity contribution < 1.29 is 9.18 Å². The van der Waals surface area contributed by atoms with Crippen molar-refractivity contribution in [2.45, 2.75) is 38.1 Å². The van der Waals surface area contributed by atoms with Crippen molar-refractivity contribution in [3.8, 4) is 0 Å². The van der Waals surface area contributed by atoms with Crippen LogP contribution in [0.1, 0.15) is 42.5 Å². The summed E-state index contributed by atoms with van der Waals surface area (Å²) in [5.41, 5.74) is 0.578. The number of carbonyl (C=O) groups is 1. The molecule has 0 radical (unpaired) electrons. The fourth-order valence-electron chi connectivity index (χ4n) is 2.28. The summed E-state index contributed by atoms with van der Waals surface area (Å²) in [6.07, 6.45) is 6.14. The summed E-state index contributed by atoms with van der Waals surface area (Å²) < 4.78 is 12.7. The number of ketones is 1. The third-order valence-corrected chi connectivity index (χ3v) is 3.32. The van der Waals surface area contributed by atoms with Crippen LogP contribution in [0.5, 0.6) is 0 Å². The second kappa shape index (κ2) is 5.92. The molecule has 1 aromatic rings. The van der Waals surface area contributed by atoms with Gasteiger partial charge in [0.25, 0.3) is 0 Å². The fourth-order valence-corrected chi connectivity index (χ4v) is 2.28. The van der Waals surface area contributed by atoms with Gasteiger partial charge in [0, 0.05) is 11.6 Å². The second-order valence-electron chi connectivity index (χ2n) is 4.65. The first kappa shape index (κ1) is 12.2. The number of Topliss-reactive ketones (excluding diaryl/α,β-unsaturated/α-hetero) is 1. The molecule has 1 aliphatic rings. The lowest BCUT2D eigenvalue weighted by Gasteiger charge is -2.22. The van der Waals surface area contributed by atoms with E-state index in [0.29, 0.717) is 18.2 Å². The maximum absolute atomic E-state index is 12.7. The zero-order chi connectivity index (χ0) is 12.1. The summed E-state index contributed by atoms with van der Waals surface area (Å²) in [6, 6.07) is 6.22. The van der Waals surface area contributed by atoms with E-state index < -0.39 is 0 Å². The second-order valence-corrected chi connectivity index (χ2v) is 4.65.